The molecule has 0 aromatic carbocycles. The minimum Gasteiger partial charge on any atom is -0.368 e. The summed E-state index contributed by atoms with van der Waals surface area (Å²) >= 11 is 0. The van der Waals surface area contributed by atoms with Crippen molar-refractivity contribution in [2.24, 2.45) is 22.9 Å². The van der Waals surface area contributed by atoms with Gasteiger partial charge >= 0.3 is 0 Å². The maximum Gasteiger partial charge on any atom is 0.234 e. The lowest BCUT2D eigenvalue weighted by Crippen LogP contribution is -2.35. The maximum absolute atomic E-state index is 10.0. The van der Waals surface area contributed by atoms with Crippen LogP contribution in [0.3, 0.4) is 0 Å². The molecule has 6 heteroatoms. The Morgan fingerprint density at radius 1 is 0.929 bits per heavy atom. The number of hydrogen-bond acceptors (Lipinski definition) is 4. The van der Waals surface area contributed by atoms with Crippen LogP contribution in [-0.2, 0) is 9.59 Å². The molecule has 2 unspecified atom stereocenters. The molecule has 0 aliphatic rings. The highest BCUT2D eigenvalue weighted by molar-refractivity contribution is 5.79. The summed E-state index contributed by atoms with van der Waals surface area (Å²) in [5, 5.41) is 0. The average Bonchev–Trinajstić information content (AvgIpc) is 2.15. The predicted molar refractivity (Wildman–Crippen MR) is 54.9 cm³/mol. The van der Waals surface area contributed by atoms with Crippen LogP contribution in [0.4, 0.5) is 0 Å². The van der Waals surface area contributed by atoms with Gasteiger partial charge in [0.05, 0.1) is 12.1 Å². The van der Waals surface area contributed by atoms with Crippen LogP contribution in [0.15, 0.2) is 0 Å². The Morgan fingerprint density at radius 3 is 1.14 bits per heavy atom. The first-order chi connectivity index (χ1) is 6.36. The molecule has 0 saturated carbocycles. The molecule has 0 spiro atoms. The lowest BCUT2D eigenvalue weighted by Gasteiger charge is -1.98. The van der Waals surface area contributed by atoms with E-state index in [1.54, 1.807) is 0 Å². The molecule has 0 heterocycles. The molecule has 0 bridgehead atoms. The fraction of sp³-hybridized carbons (Fsp3) is 0.750. The van der Waals surface area contributed by atoms with Crippen molar-refractivity contribution in [3.63, 3.8) is 0 Å². The molecule has 8 N–H and O–H groups in total. The van der Waals surface area contributed by atoms with Crippen LogP contribution in [0.2, 0.25) is 0 Å². The SMILES string of the molecule is CCC(N)C(N)=O.CCC(N)C(N)=O. The zero-order valence-electron chi connectivity index (χ0n) is 8.69. The fourth-order valence-electron chi connectivity index (χ4n) is 0.402. The molecule has 0 aliphatic carbocycles. The average molecular weight is 204 g/mol. The van der Waals surface area contributed by atoms with Crippen LogP contribution in [0, 0.1) is 0 Å². The van der Waals surface area contributed by atoms with Crippen LogP contribution in [0.1, 0.15) is 26.7 Å². The maximum atomic E-state index is 10.0. The molecule has 84 valence electrons. The van der Waals surface area contributed by atoms with E-state index >= 15 is 0 Å². The lowest BCUT2D eigenvalue weighted by atomic mass is 10.2. The molecule has 0 aliphatic heterocycles. The van der Waals surface area contributed by atoms with E-state index in [0.29, 0.717) is 12.8 Å². The zero-order chi connectivity index (χ0) is 11.7. The number of hydrogen-bond donors (Lipinski definition) is 4. The summed E-state index contributed by atoms with van der Waals surface area (Å²) in [5.41, 5.74) is 19.8. The van der Waals surface area contributed by atoms with Gasteiger partial charge in [-0.3, -0.25) is 9.59 Å². The summed E-state index contributed by atoms with van der Waals surface area (Å²) in [6.07, 6.45) is 1.24. The van der Waals surface area contributed by atoms with Gasteiger partial charge in [-0.1, -0.05) is 13.8 Å². The summed E-state index contributed by atoms with van der Waals surface area (Å²) in [4.78, 5) is 20.1. The number of carbonyl (C=O) groups is 2. The second kappa shape index (κ2) is 8.46. The van der Waals surface area contributed by atoms with Crippen molar-refractivity contribution in [3.05, 3.63) is 0 Å². The Hall–Kier alpha value is -1.14. The third-order valence-corrected chi connectivity index (χ3v) is 1.61. The van der Waals surface area contributed by atoms with E-state index in [1.165, 1.54) is 0 Å². The zero-order valence-corrected chi connectivity index (χ0v) is 8.69. The second-order valence-electron chi connectivity index (χ2n) is 2.83. The second-order valence-corrected chi connectivity index (χ2v) is 2.83. The first-order valence-electron chi connectivity index (χ1n) is 4.46. The molecule has 2 atom stereocenters. The van der Waals surface area contributed by atoms with E-state index in [1.807, 2.05) is 13.8 Å². The Balaban J connectivity index is 0. The number of carbonyl (C=O) groups excluding carboxylic acids is 2. The van der Waals surface area contributed by atoms with Gasteiger partial charge in [0.25, 0.3) is 0 Å². The van der Waals surface area contributed by atoms with Crippen molar-refractivity contribution in [2.75, 3.05) is 0 Å². The number of amides is 2. The van der Waals surface area contributed by atoms with E-state index in [2.05, 4.69) is 0 Å². The summed E-state index contributed by atoms with van der Waals surface area (Å²) in [5.74, 6) is -0.856. The van der Waals surface area contributed by atoms with Crippen LogP contribution >= 0.6 is 0 Å². The van der Waals surface area contributed by atoms with E-state index in [0.717, 1.165) is 0 Å². The molecular weight excluding hydrogens is 184 g/mol. The van der Waals surface area contributed by atoms with E-state index in [4.69, 9.17) is 22.9 Å². The van der Waals surface area contributed by atoms with Gasteiger partial charge in [0.15, 0.2) is 0 Å². The molecule has 0 saturated heterocycles. The summed E-state index contributed by atoms with van der Waals surface area (Å²) in [6, 6.07) is -0.917. The van der Waals surface area contributed by atoms with Crippen molar-refractivity contribution in [2.45, 2.75) is 38.8 Å². The van der Waals surface area contributed by atoms with E-state index in [-0.39, 0.29) is 0 Å². The first kappa shape index (κ1) is 15.3. The van der Waals surface area contributed by atoms with E-state index < -0.39 is 23.9 Å². The highest BCUT2D eigenvalue weighted by Crippen LogP contribution is 1.80. The highest BCUT2D eigenvalue weighted by Gasteiger charge is 2.03. The molecule has 14 heavy (non-hydrogen) atoms. The molecule has 0 fully saturated rings. The van der Waals surface area contributed by atoms with Gasteiger partial charge < -0.3 is 22.9 Å². The van der Waals surface area contributed by atoms with E-state index in [9.17, 15) is 9.59 Å². The smallest absolute Gasteiger partial charge is 0.234 e. The van der Waals surface area contributed by atoms with Gasteiger partial charge in [-0.15, -0.1) is 0 Å². The number of primary amides is 2. The van der Waals surface area contributed by atoms with Gasteiger partial charge in [0.1, 0.15) is 0 Å². The monoisotopic (exact) mass is 204 g/mol. The fourth-order valence-corrected chi connectivity index (χ4v) is 0.402. The predicted octanol–water partition coefficient (Wildman–Crippen LogP) is -1.58. The third-order valence-electron chi connectivity index (χ3n) is 1.61. The molecule has 2 amide bonds. The quantitative estimate of drug-likeness (QED) is 0.439. The molecule has 0 rings (SSSR count). The van der Waals surface area contributed by atoms with Crippen LogP contribution in [0.5, 0.6) is 0 Å². The van der Waals surface area contributed by atoms with Gasteiger partial charge in [0, 0.05) is 0 Å². The highest BCUT2D eigenvalue weighted by atomic mass is 16.1. The van der Waals surface area contributed by atoms with Crippen molar-refractivity contribution in [3.8, 4) is 0 Å². The van der Waals surface area contributed by atoms with Crippen LogP contribution < -0.4 is 22.9 Å². The molecular formula is C8H20N4O2. The Labute approximate surface area is 84.0 Å². The normalized spacial score (nSPS) is 13.4. The summed E-state index contributed by atoms with van der Waals surface area (Å²) in [7, 11) is 0. The Bertz CT molecular complexity index is 164. The standard InChI is InChI=1S/2C4H10N2O/c2*1-2-3(5)4(6)7/h2*3H,2,5H2,1H3,(H2,6,7). The van der Waals surface area contributed by atoms with Gasteiger partial charge in [0.2, 0.25) is 11.8 Å². The Morgan fingerprint density at radius 2 is 1.14 bits per heavy atom. The summed E-state index contributed by atoms with van der Waals surface area (Å²) < 4.78 is 0. The third kappa shape index (κ3) is 8.95. The minimum atomic E-state index is -0.458. The lowest BCUT2D eigenvalue weighted by molar-refractivity contribution is -0.120. The first-order valence-corrected chi connectivity index (χ1v) is 4.46. The molecule has 6 nitrogen and oxygen atoms in total. The molecule has 0 aromatic heterocycles. The van der Waals surface area contributed by atoms with Crippen molar-refractivity contribution >= 4 is 11.8 Å². The van der Waals surface area contributed by atoms with Crippen molar-refractivity contribution in [1.82, 2.24) is 0 Å². The van der Waals surface area contributed by atoms with Crippen LogP contribution in [0.25, 0.3) is 0 Å². The van der Waals surface area contributed by atoms with Gasteiger partial charge in [-0.05, 0) is 12.8 Å². The number of nitrogens with two attached hydrogens (primary N) is 4. The molecule has 0 aromatic rings. The van der Waals surface area contributed by atoms with Crippen LogP contribution in [-0.4, -0.2) is 23.9 Å². The number of rotatable bonds is 4. The van der Waals surface area contributed by atoms with Gasteiger partial charge in [-0.25, -0.2) is 0 Å². The van der Waals surface area contributed by atoms with Crippen molar-refractivity contribution in [1.29, 1.82) is 0 Å². The largest absolute Gasteiger partial charge is 0.368 e. The topological polar surface area (TPSA) is 138 Å². The molecule has 0 radical (unpaired) electrons. The van der Waals surface area contributed by atoms with Gasteiger partial charge in [-0.2, -0.15) is 0 Å². The minimum absolute atomic E-state index is 0.428. The Kier molecular flexibility index (Phi) is 9.27. The van der Waals surface area contributed by atoms with Crippen molar-refractivity contribution < 1.29 is 9.59 Å². The summed E-state index contributed by atoms with van der Waals surface area (Å²) in [6.45, 7) is 3.63.